The third-order valence-corrected chi connectivity index (χ3v) is 4.57. The predicted octanol–water partition coefficient (Wildman–Crippen LogP) is 2.36. The lowest BCUT2D eigenvalue weighted by Gasteiger charge is -2.31. The Balaban J connectivity index is 1.49. The van der Waals surface area contributed by atoms with Crippen molar-refractivity contribution in [1.29, 1.82) is 0 Å². The van der Waals surface area contributed by atoms with Crippen molar-refractivity contribution in [1.82, 2.24) is 15.1 Å². The summed E-state index contributed by atoms with van der Waals surface area (Å²) < 4.78 is 11.0. The Hall–Kier alpha value is -1.73. The van der Waals surface area contributed by atoms with Gasteiger partial charge in [-0.05, 0) is 24.3 Å². The minimum atomic E-state index is -0.309. The first-order chi connectivity index (χ1) is 10.7. The number of thiophene rings is 1. The van der Waals surface area contributed by atoms with Gasteiger partial charge in [0.2, 0.25) is 17.7 Å². The molecule has 1 atom stereocenters. The second-order valence-corrected chi connectivity index (χ2v) is 6.32. The summed E-state index contributed by atoms with van der Waals surface area (Å²) in [4.78, 5) is 15.5. The van der Waals surface area contributed by atoms with E-state index >= 15 is 0 Å². The van der Waals surface area contributed by atoms with Gasteiger partial charge < -0.3 is 14.1 Å². The fraction of sp³-hybridized carbons (Fsp3) is 0.533. The van der Waals surface area contributed by atoms with Crippen LogP contribution < -0.4 is 0 Å². The molecular weight excluding hydrogens is 302 g/mol. The molecule has 1 amide bonds. The van der Waals surface area contributed by atoms with Crippen LogP contribution in [0.1, 0.15) is 35.6 Å². The van der Waals surface area contributed by atoms with Gasteiger partial charge in [0.15, 0.2) is 6.10 Å². The summed E-state index contributed by atoms with van der Waals surface area (Å²) in [7, 11) is 0. The summed E-state index contributed by atoms with van der Waals surface area (Å²) in [5.41, 5.74) is 0. The third-order valence-electron chi connectivity index (χ3n) is 3.63. The number of ether oxygens (including phenoxy) is 1. The van der Waals surface area contributed by atoms with Crippen LogP contribution in [0.15, 0.2) is 21.9 Å². The molecule has 0 aromatic carbocycles. The molecule has 118 valence electrons. The van der Waals surface area contributed by atoms with Gasteiger partial charge in [0.25, 0.3) is 0 Å². The first-order valence-electron chi connectivity index (χ1n) is 7.44. The van der Waals surface area contributed by atoms with Gasteiger partial charge in [-0.25, -0.2) is 0 Å². The van der Waals surface area contributed by atoms with Crippen molar-refractivity contribution in [3.63, 3.8) is 0 Å². The molecule has 0 N–H and O–H groups in total. The molecule has 3 heterocycles. The van der Waals surface area contributed by atoms with Crippen molar-refractivity contribution in [2.75, 3.05) is 19.7 Å². The summed E-state index contributed by atoms with van der Waals surface area (Å²) in [5.74, 6) is 1.13. The van der Waals surface area contributed by atoms with E-state index in [1.54, 1.807) is 18.3 Å². The van der Waals surface area contributed by atoms with E-state index in [1.165, 1.54) is 4.88 Å². The van der Waals surface area contributed by atoms with Crippen LogP contribution >= 0.6 is 11.3 Å². The Morgan fingerprint density at radius 1 is 1.50 bits per heavy atom. The van der Waals surface area contributed by atoms with Gasteiger partial charge in [-0.3, -0.25) is 4.79 Å². The van der Waals surface area contributed by atoms with Crippen LogP contribution in [0, 0.1) is 6.92 Å². The van der Waals surface area contributed by atoms with Crippen molar-refractivity contribution in [3.8, 4) is 0 Å². The quantitative estimate of drug-likeness (QED) is 0.845. The van der Waals surface area contributed by atoms with E-state index in [1.807, 2.05) is 11.0 Å². The lowest BCUT2D eigenvalue weighted by Crippen LogP contribution is -2.42. The lowest BCUT2D eigenvalue weighted by atomic mass is 10.2. The molecule has 0 saturated carbocycles. The van der Waals surface area contributed by atoms with E-state index in [0.717, 1.165) is 12.8 Å². The van der Waals surface area contributed by atoms with Gasteiger partial charge in [-0.2, -0.15) is 0 Å². The third kappa shape index (κ3) is 3.72. The number of hydrogen-bond acceptors (Lipinski definition) is 6. The van der Waals surface area contributed by atoms with Crippen LogP contribution in [0.4, 0.5) is 0 Å². The zero-order valence-electron chi connectivity index (χ0n) is 12.5. The highest BCUT2D eigenvalue weighted by Gasteiger charge is 2.28. The fourth-order valence-electron chi connectivity index (χ4n) is 2.49. The number of amides is 1. The molecule has 1 saturated heterocycles. The molecule has 1 aliphatic heterocycles. The second-order valence-electron chi connectivity index (χ2n) is 5.29. The maximum absolute atomic E-state index is 12.3. The standard InChI is InChI=1S/C15H19N3O3S/c1-11-16-17-15(21-11)13-10-18(7-8-20-13)14(19)6-2-4-12-5-3-9-22-12/h3,5,9,13H,2,4,6-8,10H2,1H3/t13-/m1/s1. The molecule has 1 aliphatic rings. The largest absolute Gasteiger partial charge is 0.423 e. The molecule has 22 heavy (non-hydrogen) atoms. The van der Waals surface area contributed by atoms with Crippen molar-refractivity contribution < 1.29 is 13.9 Å². The number of nitrogens with zero attached hydrogens (tertiary/aromatic N) is 3. The van der Waals surface area contributed by atoms with E-state index in [0.29, 0.717) is 37.9 Å². The van der Waals surface area contributed by atoms with E-state index < -0.39 is 0 Å². The monoisotopic (exact) mass is 321 g/mol. The van der Waals surface area contributed by atoms with Crippen molar-refractivity contribution >= 4 is 17.2 Å². The Kier molecular flexibility index (Phi) is 4.84. The molecule has 0 bridgehead atoms. The van der Waals surface area contributed by atoms with Crippen LogP contribution in [0.2, 0.25) is 0 Å². The van der Waals surface area contributed by atoms with Gasteiger partial charge in [-0.1, -0.05) is 6.07 Å². The molecule has 0 unspecified atom stereocenters. The molecule has 7 heteroatoms. The molecule has 0 aliphatic carbocycles. The topological polar surface area (TPSA) is 68.5 Å². The predicted molar refractivity (Wildman–Crippen MR) is 81.6 cm³/mol. The minimum Gasteiger partial charge on any atom is -0.423 e. The second kappa shape index (κ2) is 7.02. The Morgan fingerprint density at radius 2 is 2.41 bits per heavy atom. The number of carbonyl (C=O) groups excluding carboxylic acids is 1. The summed E-state index contributed by atoms with van der Waals surface area (Å²) in [6.45, 7) is 3.36. The summed E-state index contributed by atoms with van der Waals surface area (Å²) >= 11 is 1.74. The molecule has 2 aromatic rings. The van der Waals surface area contributed by atoms with Crippen molar-refractivity contribution in [2.24, 2.45) is 0 Å². The molecule has 6 nitrogen and oxygen atoms in total. The zero-order valence-corrected chi connectivity index (χ0v) is 13.3. The van der Waals surface area contributed by atoms with E-state index in [4.69, 9.17) is 9.15 Å². The number of aromatic nitrogens is 2. The average molecular weight is 321 g/mol. The highest BCUT2D eigenvalue weighted by molar-refractivity contribution is 7.09. The van der Waals surface area contributed by atoms with Crippen LogP contribution in [0.5, 0.6) is 0 Å². The highest BCUT2D eigenvalue weighted by Crippen LogP contribution is 2.22. The lowest BCUT2D eigenvalue weighted by molar-refractivity contribution is -0.140. The van der Waals surface area contributed by atoms with E-state index in [-0.39, 0.29) is 12.0 Å². The number of aryl methyl sites for hydroxylation is 2. The van der Waals surface area contributed by atoms with Crippen LogP contribution in [-0.2, 0) is 16.0 Å². The SMILES string of the molecule is Cc1nnc([C@H]2CN(C(=O)CCCc3cccs3)CCO2)o1. The first-order valence-corrected chi connectivity index (χ1v) is 8.32. The number of rotatable bonds is 5. The van der Waals surface area contributed by atoms with Crippen LogP contribution in [0.25, 0.3) is 0 Å². The maximum Gasteiger partial charge on any atom is 0.246 e. The molecule has 0 spiro atoms. The Labute approximate surface area is 133 Å². The molecular formula is C15H19N3O3S. The maximum atomic E-state index is 12.3. The van der Waals surface area contributed by atoms with Gasteiger partial charge in [0.1, 0.15) is 0 Å². The molecule has 0 radical (unpaired) electrons. The summed E-state index contributed by atoms with van der Waals surface area (Å²) in [6, 6.07) is 4.15. The number of carbonyl (C=O) groups is 1. The smallest absolute Gasteiger partial charge is 0.246 e. The Morgan fingerprint density at radius 3 is 3.14 bits per heavy atom. The Bertz CT molecular complexity index is 611. The normalized spacial score (nSPS) is 18.6. The molecule has 3 rings (SSSR count). The average Bonchev–Trinajstić information content (AvgIpc) is 3.19. The van der Waals surface area contributed by atoms with E-state index in [2.05, 4.69) is 21.6 Å². The van der Waals surface area contributed by atoms with E-state index in [9.17, 15) is 4.79 Å². The van der Waals surface area contributed by atoms with Gasteiger partial charge in [0, 0.05) is 24.8 Å². The first kappa shape index (κ1) is 15.2. The fourth-order valence-corrected chi connectivity index (χ4v) is 3.25. The van der Waals surface area contributed by atoms with Crippen molar-refractivity contribution in [2.45, 2.75) is 32.3 Å². The van der Waals surface area contributed by atoms with Crippen LogP contribution in [-0.4, -0.2) is 40.7 Å². The number of morpholine rings is 1. The zero-order chi connectivity index (χ0) is 15.4. The van der Waals surface area contributed by atoms with Gasteiger partial charge >= 0.3 is 0 Å². The molecule has 2 aromatic heterocycles. The summed E-state index contributed by atoms with van der Waals surface area (Å²) in [6.07, 6.45) is 2.09. The number of hydrogen-bond donors (Lipinski definition) is 0. The minimum absolute atomic E-state index is 0.168. The molecule has 1 fully saturated rings. The summed E-state index contributed by atoms with van der Waals surface area (Å²) in [5, 5.41) is 9.86. The van der Waals surface area contributed by atoms with Gasteiger partial charge in [0.05, 0.1) is 13.2 Å². The van der Waals surface area contributed by atoms with Gasteiger partial charge in [-0.15, -0.1) is 21.5 Å². The van der Waals surface area contributed by atoms with Crippen molar-refractivity contribution in [3.05, 3.63) is 34.2 Å². The highest BCUT2D eigenvalue weighted by atomic mass is 32.1. The van der Waals surface area contributed by atoms with Crippen LogP contribution in [0.3, 0.4) is 0 Å².